The molecule has 0 aliphatic heterocycles. The predicted octanol–water partition coefficient (Wildman–Crippen LogP) is 4.98. The molecule has 0 saturated heterocycles. The molecule has 0 radical (unpaired) electrons. The largest absolute Gasteiger partial charge is 0.308 e. The summed E-state index contributed by atoms with van der Waals surface area (Å²) in [5.41, 5.74) is 3.75. The average Bonchev–Trinajstić information content (AvgIpc) is 2.55. The van der Waals surface area contributed by atoms with Gasteiger partial charge in [0.25, 0.3) is 0 Å². The highest BCUT2D eigenvalue weighted by Crippen LogP contribution is 2.27. The van der Waals surface area contributed by atoms with Crippen molar-refractivity contribution in [1.82, 2.24) is 0 Å². The number of fused-ring (bicyclic) bond motifs is 1. The van der Waals surface area contributed by atoms with E-state index in [0.29, 0.717) is 0 Å². The van der Waals surface area contributed by atoms with Crippen molar-refractivity contribution in [2.24, 2.45) is 4.99 Å². The number of rotatable bonds is 3. The van der Waals surface area contributed by atoms with Crippen LogP contribution in [-0.4, -0.2) is 11.9 Å². The van der Waals surface area contributed by atoms with Gasteiger partial charge in [-0.3, -0.25) is 4.99 Å². The zero-order valence-corrected chi connectivity index (χ0v) is 11.9. The van der Waals surface area contributed by atoms with Crippen LogP contribution in [0.25, 0.3) is 10.8 Å². The minimum Gasteiger partial charge on any atom is -0.308 e. The van der Waals surface area contributed by atoms with Gasteiger partial charge in [-0.1, -0.05) is 60.7 Å². The van der Waals surface area contributed by atoms with E-state index in [1.54, 1.807) is 0 Å². The molecule has 3 aromatic rings. The van der Waals surface area contributed by atoms with Gasteiger partial charge in [0.2, 0.25) is 0 Å². The Morgan fingerprint density at radius 2 is 1.62 bits per heavy atom. The second kappa shape index (κ2) is 5.71. The molecule has 0 heterocycles. The maximum absolute atomic E-state index is 7.72. The van der Waals surface area contributed by atoms with E-state index in [4.69, 9.17) is 10.4 Å². The second-order valence-electron chi connectivity index (χ2n) is 4.93. The van der Waals surface area contributed by atoms with Crippen LogP contribution in [0.2, 0.25) is 0 Å². The van der Waals surface area contributed by atoms with Crippen molar-refractivity contribution in [3.63, 3.8) is 0 Å². The van der Waals surface area contributed by atoms with Crippen molar-refractivity contribution in [2.45, 2.75) is 6.92 Å². The van der Waals surface area contributed by atoms with Crippen LogP contribution in [0, 0.1) is 5.41 Å². The predicted molar refractivity (Wildman–Crippen MR) is 90.1 cm³/mol. The Kier molecular flexibility index (Phi) is 3.61. The first kappa shape index (κ1) is 13.3. The molecule has 0 atom stereocenters. The van der Waals surface area contributed by atoms with E-state index in [1.807, 2.05) is 61.5 Å². The third-order valence-corrected chi connectivity index (χ3v) is 3.57. The Balaban J connectivity index is 2.15. The lowest BCUT2D eigenvalue weighted by atomic mass is 10.0. The van der Waals surface area contributed by atoms with E-state index >= 15 is 0 Å². The van der Waals surface area contributed by atoms with Crippen LogP contribution in [-0.2, 0) is 0 Å². The summed E-state index contributed by atoms with van der Waals surface area (Å²) in [6, 6.07) is 22.2. The van der Waals surface area contributed by atoms with Crippen molar-refractivity contribution in [3.05, 3.63) is 77.9 Å². The number of nitrogens with one attached hydrogen (secondary N) is 1. The molecule has 0 aliphatic carbocycles. The third kappa shape index (κ3) is 2.61. The van der Waals surface area contributed by atoms with Gasteiger partial charge in [0.15, 0.2) is 0 Å². The maximum atomic E-state index is 7.72. The fraction of sp³-hybridized carbons (Fsp3) is 0.0526. The van der Waals surface area contributed by atoms with Crippen molar-refractivity contribution < 1.29 is 0 Å². The highest BCUT2D eigenvalue weighted by atomic mass is 14.7. The van der Waals surface area contributed by atoms with E-state index in [2.05, 4.69) is 12.1 Å². The van der Waals surface area contributed by atoms with Gasteiger partial charge >= 0.3 is 0 Å². The fourth-order valence-electron chi connectivity index (χ4n) is 2.46. The summed E-state index contributed by atoms with van der Waals surface area (Å²) in [6.45, 7) is 2.00. The molecule has 0 aliphatic rings. The first-order chi connectivity index (χ1) is 10.3. The minimum atomic E-state index is 0.838. The normalized spacial score (nSPS) is 11.6. The maximum Gasteiger partial charge on any atom is 0.0727 e. The molecule has 0 saturated carbocycles. The summed E-state index contributed by atoms with van der Waals surface area (Å²) < 4.78 is 0. The van der Waals surface area contributed by atoms with E-state index < -0.39 is 0 Å². The lowest BCUT2D eigenvalue weighted by Crippen LogP contribution is -1.94. The molecule has 3 aromatic carbocycles. The number of hydrogen-bond donors (Lipinski definition) is 1. The van der Waals surface area contributed by atoms with Crippen molar-refractivity contribution in [3.8, 4) is 0 Å². The SMILES string of the molecule is CC(=Nc1ccc2ccccc2c1C=N)c1ccccc1. The molecule has 0 bridgehead atoms. The van der Waals surface area contributed by atoms with Gasteiger partial charge in [-0.05, 0) is 29.3 Å². The second-order valence-corrected chi connectivity index (χ2v) is 4.93. The van der Waals surface area contributed by atoms with Gasteiger partial charge in [0, 0.05) is 17.5 Å². The van der Waals surface area contributed by atoms with E-state index in [-0.39, 0.29) is 0 Å². The Bertz CT molecular complexity index is 817. The first-order valence-corrected chi connectivity index (χ1v) is 6.92. The Labute approximate surface area is 124 Å². The third-order valence-electron chi connectivity index (χ3n) is 3.57. The van der Waals surface area contributed by atoms with Crippen molar-refractivity contribution in [1.29, 1.82) is 5.41 Å². The zero-order chi connectivity index (χ0) is 14.7. The van der Waals surface area contributed by atoms with E-state index in [9.17, 15) is 0 Å². The van der Waals surface area contributed by atoms with Gasteiger partial charge in [-0.2, -0.15) is 0 Å². The monoisotopic (exact) mass is 272 g/mol. The number of nitrogens with zero attached hydrogens (tertiary/aromatic N) is 1. The molecule has 2 heteroatoms. The van der Waals surface area contributed by atoms with E-state index in [1.165, 1.54) is 6.21 Å². The van der Waals surface area contributed by atoms with Crippen molar-refractivity contribution in [2.75, 3.05) is 0 Å². The molecule has 1 N–H and O–H groups in total. The van der Waals surface area contributed by atoms with Crippen LogP contribution in [0.1, 0.15) is 18.1 Å². The van der Waals surface area contributed by atoms with Crippen LogP contribution in [0.4, 0.5) is 5.69 Å². The zero-order valence-electron chi connectivity index (χ0n) is 11.9. The molecule has 0 unspecified atom stereocenters. The quantitative estimate of drug-likeness (QED) is 0.653. The Morgan fingerprint density at radius 3 is 2.38 bits per heavy atom. The van der Waals surface area contributed by atoms with E-state index in [0.717, 1.165) is 33.3 Å². The summed E-state index contributed by atoms with van der Waals surface area (Å²) in [6.07, 6.45) is 1.39. The lowest BCUT2D eigenvalue weighted by molar-refractivity contribution is 1.47. The summed E-state index contributed by atoms with van der Waals surface area (Å²) in [5, 5.41) is 9.92. The summed E-state index contributed by atoms with van der Waals surface area (Å²) in [5.74, 6) is 0. The number of aliphatic imine (C=N–C) groups is 1. The molecule has 21 heavy (non-hydrogen) atoms. The first-order valence-electron chi connectivity index (χ1n) is 6.92. The molecule has 0 aromatic heterocycles. The summed E-state index contributed by atoms with van der Waals surface area (Å²) in [7, 11) is 0. The number of benzene rings is 3. The molecule has 0 spiro atoms. The number of hydrogen-bond acceptors (Lipinski definition) is 2. The topological polar surface area (TPSA) is 36.2 Å². The molecule has 0 fully saturated rings. The average molecular weight is 272 g/mol. The Hall–Kier alpha value is -2.74. The molecular weight excluding hydrogens is 256 g/mol. The molecule has 0 amide bonds. The van der Waals surface area contributed by atoms with Gasteiger partial charge in [-0.25, -0.2) is 0 Å². The smallest absolute Gasteiger partial charge is 0.0727 e. The summed E-state index contributed by atoms with van der Waals surface area (Å²) >= 11 is 0. The van der Waals surface area contributed by atoms with Crippen LogP contribution in [0.5, 0.6) is 0 Å². The minimum absolute atomic E-state index is 0.838. The van der Waals surface area contributed by atoms with Gasteiger partial charge in [-0.15, -0.1) is 0 Å². The highest BCUT2D eigenvalue weighted by molar-refractivity contribution is 6.06. The Morgan fingerprint density at radius 1 is 0.905 bits per heavy atom. The highest BCUT2D eigenvalue weighted by Gasteiger charge is 2.05. The fourth-order valence-corrected chi connectivity index (χ4v) is 2.46. The lowest BCUT2D eigenvalue weighted by Gasteiger charge is -2.07. The van der Waals surface area contributed by atoms with Crippen LogP contribution in [0.3, 0.4) is 0 Å². The standard InChI is InChI=1S/C19H16N2/c1-14(15-7-3-2-4-8-15)21-19-12-11-16-9-5-6-10-17(16)18(19)13-20/h2-13,20H,1H3. The van der Waals surface area contributed by atoms with Crippen LogP contribution in [0.15, 0.2) is 71.7 Å². The molecule has 3 rings (SSSR count). The van der Waals surface area contributed by atoms with Gasteiger partial charge < -0.3 is 5.41 Å². The molecule has 102 valence electrons. The van der Waals surface area contributed by atoms with Crippen LogP contribution < -0.4 is 0 Å². The summed E-state index contributed by atoms with van der Waals surface area (Å²) in [4.78, 5) is 4.72. The van der Waals surface area contributed by atoms with Gasteiger partial charge in [0.05, 0.1) is 5.69 Å². The van der Waals surface area contributed by atoms with Crippen molar-refractivity contribution >= 4 is 28.4 Å². The van der Waals surface area contributed by atoms with Crippen LogP contribution >= 0.6 is 0 Å². The molecular formula is C19H16N2. The van der Waals surface area contributed by atoms with Gasteiger partial charge in [0.1, 0.15) is 0 Å². The molecule has 2 nitrogen and oxygen atoms in total.